The zero-order valence-corrected chi connectivity index (χ0v) is 9.90. The predicted octanol–water partition coefficient (Wildman–Crippen LogP) is 1.88. The number of nitrogens with zero attached hydrogens (tertiary/aromatic N) is 2. The van der Waals surface area contributed by atoms with Crippen LogP contribution in [0.4, 0.5) is 0 Å². The molecule has 0 aliphatic carbocycles. The molecular weight excluding hydrogens is 228 g/mol. The van der Waals surface area contributed by atoms with Crippen LogP contribution in [0.5, 0.6) is 0 Å². The van der Waals surface area contributed by atoms with Crippen molar-refractivity contribution in [2.45, 2.75) is 13.3 Å². The summed E-state index contributed by atoms with van der Waals surface area (Å²) < 4.78 is 0. The molecular formula is C13H12N4O. The lowest BCUT2D eigenvalue weighted by atomic mass is 10.0. The van der Waals surface area contributed by atoms with Crippen molar-refractivity contribution in [2.24, 2.45) is 0 Å². The highest BCUT2D eigenvalue weighted by molar-refractivity contribution is 5.75. The molecule has 5 nitrogen and oxygen atoms in total. The molecule has 18 heavy (non-hydrogen) atoms. The first-order valence-electron chi connectivity index (χ1n) is 5.80. The van der Waals surface area contributed by atoms with Gasteiger partial charge in [-0.05, 0) is 30.2 Å². The number of pyridine rings is 2. The van der Waals surface area contributed by atoms with Crippen LogP contribution in [0.3, 0.4) is 0 Å². The quantitative estimate of drug-likeness (QED) is 0.718. The van der Waals surface area contributed by atoms with Crippen LogP contribution >= 0.6 is 0 Å². The average Bonchev–Trinajstić information content (AvgIpc) is 2.77. The van der Waals surface area contributed by atoms with Crippen molar-refractivity contribution in [2.75, 3.05) is 0 Å². The Labute approximate surface area is 103 Å². The van der Waals surface area contributed by atoms with Crippen LogP contribution in [0.2, 0.25) is 0 Å². The molecule has 0 unspecified atom stereocenters. The number of aryl methyl sites for hydroxylation is 1. The molecule has 0 aliphatic heterocycles. The first-order chi connectivity index (χ1) is 8.78. The van der Waals surface area contributed by atoms with E-state index in [2.05, 4.69) is 26.9 Å². The molecule has 0 spiro atoms. The van der Waals surface area contributed by atoms with E-state index in [0.29, 0.717) is 5.65 Å². The standard InChI is InChI=1S/C13H12N4O/c1-2-8-7-14-6-5-9(8)10-3-4-11-12(15-10)17-13(18)16-11/h3-7H,2H2,1H3,(H2,15,16,17,18). The molecule has 0 bridgehead atoms. The highest BCUT2D eigenvalue weighted by Crippen LogP contribution is 2.22. The van der Waals surface area contributed by atoms with Crippen LogP contribution in [0.15, 0.2) is 35.4 Å². The largest absolute Gasteiger partial charge is 0.325 e. The zero-order valence-electron chi connectivity index (χ0n) is 9.90. The molecule has 0 saturated heterocycles. The van der Waals surface area contributed by atoms with Gasteiger partial charge in [0.15, 0.2) is 5.65 Å². The Kier molecular flexibility index (Phi) is 2.44. The van der Waals surface area contributed by atoms with E-state index < -0.39 is 0 Å². The summed E-state index contributed by atoms with van der Waals surface area (Å²) in [5, 5.41) is 0. The van der Waals surface area contributed by atoms with Crippen LogP contribution in [-0.4, -0.2) is 19.9 Å². The maximum Gasteiger partial charge on any atom is 0.325 e. The van der Waals surface area contributed by atoms with Gasteiger partial charge in [-0.25, -0.2) is 9.78 Å². The maximum atomic E-state index is 11.2. The Morgan fingerprint density at radius 3 is 2.94 bits per heavy atom. The summed E-state index contributed by atoms with van der Waals surface area (Å²) in [5.74, 6) is 0. The van der Waals surface area contributed by atoms with E-state index in [1.807, 2.05) is 24.4 Å². The Hall–Kier alpha value is -2.43. The second-order valence-corrected chi connectivity index (χ2v) is 4.06. The van der Waals surface area contributed by atoms with Gasteiger partial charge < -0.3 is 4.98 Å². The minimum atomic E-state index is -0.236. The minimum absolute atomic E-state index is 0.236. The molecule has 3 rings (SSSR count). The van der Waals surface area contributed by atoms with Gasteiger partial charge in [-0.2, -0.15) is 0 Å². The number of aromatic amines is 2. The van der Waals surface area contributed by atoms with E-state index in [9.17, 15) is 4.79 Å². The lowest BCUT2D eigenvalue weighted by molar-refractivity contribution is 1.10. The second-order valence-electron chi connectivity index (χ2n) is 4.06. The Bertz CT molecular complexity index is 757. The summed E-state index contributed by atoms with van der Waals surface area (Å²) in [5.41, 5.74) is 4.10. The van der Waals surface area contributed by atoms with E-state index in [-0.39, 0.29) is 5.69 Å². The van der Waals surface area contributed by atoms with Crippen molar-refractivity contribution in [3.05, 3.63) is 46.6 Å². The monoisotopic (exact) mass is 240 g/mol. The Balaban J connectivity index is 2.21. The Morgan fingerprint density at radius 1 is 1.22 bits per heavy atom. The van der Waals surface area contributed by atoms with Gasteiger partial charge >= 0.3 is 5.69 Å². The molecule has 3 aromatic rings. The van der Waals surface area contributed by atoms with Gasteiger partial charge in [-0.1, -0.05) is 6.92 Å². The fraction of sp³-hybridized carbons (Fsp3) is 0.154. The summed E-state index contributed by atoms with van der Waals surface area (Å²) in [6, 6.07) is 5.70. The number of hydrogen-bond acceptors (Lipinski definition) is 3. The van der Waals surface area contributed by atoms with Crippen molar-refractivity contribution in [3.63, 3.8) is 0 Å². The summed E-state index contributed by atoms with van der Waals surface area (Å²) in [6.07, 6.45) is 4.49. The van der Waals surface area contributed by atoms with E-state index >= 15 is 0 Å². The lowest BCUT2D eigenvalue weighted by Crippen LogP contribution is -1.99. The van der Waals surface area contributed by atoms with Crippen molar-refractivity contribution in [3.8, 4) is 11.3 Å². The first kappa shape index (κ1) is 10.7. The van der Waals surface area contributed by atoms with Crippen molar-refractivity contribution in [1.82, 2.24) is 19.9 Å². The third kappa shape index (κ3) is 1.69. The number of fused-ring (bicyclic) bond motifs is 1. The van der Waals surface area contributed by atoms with Gasteiger partial charge in [0, 0.05) is 18.0 Å². The molecule has 3 aromatic heterocycles. The second kappa shape index (κ2) is 4.10. The molecule has 0 saturated carbocycles. The predicted molar refractivity (Wildman–Crippen MR) is 69.3 cm³/mol. The SMILES string of the molecule is CCc1cnccc1-c1ccc2[nH]c(=O)[nH]c2n1. The van der Waals surface area contributed by atoms with Gasteiger partial charge in [-0.15, -0.1) is 0 Å². The fourth-order valence-electron chi connectivity index (χ4n) is 2.03. The number of H-pyrrole nitrogens is 2. The molecule has 0 aromatic carbocycles. The Morgan fingerprint density at radius 2 is 2.11 bits per heavy atom. The van der Waals surface area contributed by atoms with E-state index in [4.69, 9.17) is 0 Å². The van der Waals surface area contributed by atoms with Crippen molar-refractivity contribution < 1.29 is 0 Å². The van der Waals surface area contributed by atoms with E-state index in [1.54, 1.807) is 6.20 Å². The van der Waals surface area contributed by atoms with Crippen LogP contribution in [0.25, 0.3) is 22.4 Å². The van der Waals surface area contributed by atoms with Crippen molar-refractivity contribution >= 4 is 11.2 Å². The molecule has 90 valence electrons. The topological polar surface area (TPSA) is 74.4 Å². The summed E-state index contributed by atoms with van der Waals surface area (Å²) in [4.78, 5) is 25.1. The van der Waals surface area contributed by atoms with Gasteiger partial charge in [0.05, 0.1) is 11.2 Å². The molecule has 0 fully saturated rings. The van der Waals surface area contributed by atoms with Crippen LogP contribution < -0.4 is 5.69 Å². The number of hydrogen-bond donors (Lipinski definition) is 2. The molecule has 3 heterocycles. The highest BCUT2D eigenvalue weighted by atomic mass is 16.1. The normalized spacial score (nSPS) is 10.9. The van der Waals surface area contributed by atoms with Crippen molar-refractivity contribution in [1.29, 1.82) is 0 Å². The number of imidazole rings is 1. The van der Waals surface area contributed by atoms with E-state index in [1.165, 1.54) is 0 Å². The first-order valence-corrected chi connectivity index (χ1v) is 5.80. The lowest BCUT2D eigenvalue weighted by Gasteiger charge is -2.05. The number of aromatic nitrogens is 4. The fourth-order valence-corrected chi connectivity index (χ4v) is 2.03. The molecule has 5 heteroatoms. The maximum absolute atomic E-state index is 11.2. The van der Waals surface area contributed by atoms with Crippen LogP contribution in [-0.2, 0) is 6.42 Å². The smallest absolute Gasteiger partial charge is 0.304 e. The van der Waals surface area contributed by atoms with Crippen LogP contribution in [0, 0.1) is 0 Å². The highest BCUT2D eigenvalue weighted by Gasteiger charge is 2.07. The van der Waals surface area contributed by atoms with Gasteiger partial charge in [-0.3, -0.25) is 9.97 Å². The number of nitrogens with one attached hydrogen (secondary N) is 2. The van der Waals surface area contributed by atoms with Gasteiger partial charge in [0.1, 0.15) is 0 Å². The summed E-state index contributed by atoms with van der Waals surface area (Å²) in [7, 11) is 0. The zero-order chi connectivity index (χ0) is 12.5. The third-order valence-electron chi connectivity index (χ3n) is 2.94. The summed E-state index contributed by atoms with van der Waals surface area (Å²) >= 11 is 0. The van der Waals surface area contributed by atoms with Crippen LogP contribution in [0.1, 0.15) is 12.5 Å². The average molecular weight is 240 g/mol. The number of rotatable bonds is 2. The summed E-state index contributed by atoms with van der Waals surface area (Å²) in [6.45, 7) is 2.08. The van der Waals surface area contributed by atoms with Gasteiger partial charge in [0.25, 0.3) is 0 Å². The molecule has 0 atom stereocenters. The molecule has 2 N–H and O–H groups in total. The third-order valence-corrected chi connectivity index (χ3v) is 2.94. The van der Waals surface area contributed by atoms with E-state index in [0.717, 1.165) is 28.8 Å². The molecule has 0 amide bonds. The molecule has 0 radical (unpaired) electrons. The minimum Gasteiger partial charge on any atom is -0.304 e. The molecule has 0 aliphatic rings. The van der Waals surface area contributed by atoms with Gasteiger partial charge in [0.2, 0.25) is 0 Å².